The van der Waals surface area contributed by atoms with Gasteiger partial charge in [-0.05, 0) is 42.4 Å². The molecule has 1 N–H and O–H groups in total. The van der Waals surface area contributed by atoms with Gasteiger partial charge in [-0.2, -0.15) is 0 Å². The van der Waals surface area contributed by atoms with Crippen LogP contribution in [0.25, 0.3) is 0 Å². The van der Waals surface area contributed by atoms with Crippen LogP contribution in [0.3, 0.4) is 0 Å². The van der Waals surface area contributed by atoms with Gasteiger partial charge in [-0.15, -0.1) is 0 Å². The first-order chi connectivity index (χ1) is 9.90. The Hall–Kier alpha value is -1.22. The first-order valence-electron chi connectivity index (χ1n) is 8.03. The van der Waals surface area contributed by atoms with Gasteiger partial charge in [-0.3, -0.25) is 0 Å². The third kappa shape index (κ3) is 4.13. The fourth-order valence-corrected chi connectivity index (χ4v) is 3.12. The van der Waals surface area contributed by atoms with Crippen molar-refractivity contribution in [1.82, 2.24) is 0 Å². The van der Waals surface area contributed by atoms with E-state index >= 15 is 0 Å². The Morgan fingerprint density at radius 1 is 1.00 bits per heavy atom. The molecule has 1 aliphatic heterocycles. The molecule has 0 atom stereocenters. The zero-order valence-electron chi connectivity index (χ0n) is 13.7. The fraction of sp³-hybridized carbons (Fsp3) is 0.667. The number of rotatable bonds is 5. The van der Waals surface area contributed by atoms with E-state index in [0.717, 1.165) is 36.3 Å². The van der Waals surface area contributed by atoms with Gasteiger partial charge >= 0.3 is 0 Å². The van der Waals surface area contributed by atoms with Crippen molar-refractivity contribution in [1.29, 1.82) is 0 Å². The van der Waals surface area contributed by atoms with Gasteiger partial charge in [0.05, 0.1) is 18.8 Å². The molecule has 2 rings (SSSR count). The molecule has 21 heavy (non-hydrogen) atoms. The van der Waals surface area contributed by atoms with Crippen LogP contribution >= 0.6 is 0 Å². The van der Waals surface area contributed by atoms with E-state index in [-0.39, 0.29) is 0 Å². The predicted molar refractivity (Wildman–Crippen MR) is 84.9 cm³/mol. The van der Waals surface area contributed by atoms with Crippen LogP contribution in [0.15, 0.2) is 18.2 Å². The maximum absolute atomic E-state index is 11.2. The summed E-state index contributed by atoms with van der Waals surface area (Å²) in [6.45, 7) is 9.95. The maximum atomic E-state index is 11.2. The molecule has 1 heterocycles. The van der Waals surface area contributed by atoms with E-state index < -0.39 is 5.60 Å². The molecule has 0 saturated heterocycles. The molecular weight excluding hydrogens is 264 g/mol. The smallest absolute Gasteiger partial charge is 0.161 e. The highest BCUT2D eigenvalue weighted by Crippen LogP contribution is 2.39. The summed E-state index contributed by atoms with van der Waals surface area (Å²) in [6, 6.07) is 5.88. The minimum absolute atomic E-state index is 0.435. The van der Waals surface area contributed by atoms with Crippen LogP contribution in [-0.4, -0.2) is 18.3 Å². The van der Waals surface area contributed by atoms with Crippen molar-refractivity contribution in [3.8, 4) is 11.5 Å². The number of benzene rings is 1. The number of aliphatic hydroxyl groups is 1. The number of ether oxygens (including phenoxy) is 2. The molecule has 1 aliphatic rings. The molecule has 0 unspecified atom stereocenters. The Bertz CT molecular complexity index is 456. The van der Waals surface area contributed by atoms with Gasteiger partial charge in [0.2, 0.25) is 0 Å². The van der Waals surface area contributed by atoms with Crippen molar-refractivity contribution >= 4 is 0 Å². The number of fused-ring (bicyclic) bond motifs is 1. The first kappa shape index (κ1) is 16.2. The standard InChI is InChI=1S/C18H28O3/c1-13(2)11-18(19,12-14(3)4)15-6-7-16-17(10-15)21-9-5-8-20-16/h6-7,10,13-14,19H,5,8-9,11-12H2,1-4H3. The fourth-order valence-electron chi connectivity index (χ4n) is 3.12. The summed E-state index contributed by atoms with van der Waals surface area (Å²) < 4.78 is 11.4. The summed E-state index contributed by atoms with van der Waals surface area (Å²) in [5.74, 6) is 2.41. The van der Waals surface area contributed by atoms with E-state index in [4.69, 9.17) is 9.47 Å². The second kappa shape index (κ2) is 6.69. The summed E-state index contributed by atoms with van der Waals surface area (Å²) in [5.41, 5.74) is 0.140. The van der Waals surface area contributed by atoms with E-state index in [0.29, 0.717) is 25.0 Å². The Balaban J connectivity index is 2.33. The summed E-state index contributed by atoms with van der Waals surface area (Å²) in [6.07, 6.45) is 2.40. The molecule has 3 nitrogen and oxygen atoms in total. The van der Waals surface area contributed by atoms with Gasteiger partial charge in [0.1, 0.15) is 0 Å². The molecule has 3 heteroatoms. The molecule has 1 aromatic carbocycles. The predicted octanol–water partition coefficient (Wildman–Crippen LogP) is 4.13. The average molecular weight is 292 g/mol. The zero-order chi connectivity index (χ0) is 15.5. The summed E-state index contributed by atoms with van der Waals surface area (Å²) in [5, 5.41) is 11.2. The van der Waals surface area contributed by atoms with Crippen molar-refractivity contribution in [2.45, 2.75) is 52.6 Å². The van der Waals surface area contributed by atoms with Crippen molar-refractivity contribution in [3.05, 3.63) is 23.8 Å². The minimum Gasteiger partial charge on any atom is -0.490 e. The van der Waals surface area contributed by atoms with E-state index in [1.807, 2.05) is 18.2 Å². The van der Waals surface area contributed by atoms with Gasteiger partial charge in [0, 0.05) is 6.42 Å². The normalized spacial score (nSPS) is 15.4. The van der Waals surface area contributed by atoms with Crippen LogP contribution in [0.4, 0.5) is 0 Å². The second-order valence-electron chi connectivity index (χ2n) is 6.94. The van der Waals surface area contributed by atoms with E-state index in [2.05, 4.69) is 27.7 Å². The van der Waals surface area contributed by atoms with E-state index in [1.54, 1.807) is 0 Å². The SMILES string of the molecule is CC(C)CC(O)(CC(C)C)c1ccc2c(c1)OCCCO2. The van der Waals surface area contributed by atoms with Crippen LogP contribution < -0.4 is 9.47 Å². The molecule has 118 valence electrons. The van der Waals surface area contributed by atoms with Crippen molar-refractivity contribution in [2.75, 3.05) is 13.2 Å². The lowest BCUT2D eigenvalue weighted by molar-refractivity contribution is -0.00471. The van der Waals surface area contributed by atoms with Crippen LogP contribution in [0.1, 0.15) is 52.5 Å². The van der Waals surface area contributed by atoms with Gasteiger partial charge < -0.3 is 14.6 Å². The van der Waals surface area contributed by atoms with Crippen molar-refractivity contribution in [3.63, 3.8) is 0 Å². The van der Waals surface area contributed by atoms with Gasteiger partial charge in [0.15, 0.2) is 11.5 Å². The number of hydrogen-bond acceptors (Lipinski definition) is 3. The topological polar surface area (TPSA) is 38.7 Å². The zero-order valence-corrected chi connectivity index (χ0v) is 13.7. The van der Waals surface area contributed by atoms with Crippen molar-refractivity contribution in [2.24, 2.45) is 11.8 Å². The molecule has 0 spiro atoms. The minimum atomic E-state index is -0.799. The second-order valence-corrected chi connectivity index (χ2v) is 6.94. The third-order valence-corrected chi connectivity index (χ3v) is 3.78. The molecule has 0 radical (unpaired) electrons. The molecule has 0 aliphatic carbocycles. The van der Waals surface area contributed by atoms with Crippen LogP contribution in [-0.2, 0) is 5.60 Å². The Morgan fingerprint density at radius 2 is 1.57 bits per heavy atom. The Morgan fingerprint density at radius 3 is 2.14 bits per heavy atom. The van der Waals surface area contributed by atoms with E-state index in [9.17, 15) is 5.11 Å². The monoisotopic (exact) mass is 292 g/mol. The van der Waals surface area contributed by atoms with Crippen LogP contribution in [0.2, 0.25) is 0 Å². The summed E-state index contributed by atoms with van der Waals surface area (Å²) in [7, 11) is 0. The highest BCUT2D eigenvalue weighted by Gasteiger charge is 2.32. The quantitative estimate of drug-likeness (QED) is 0.887. The summed E-state index contributed by atoms with van der Waals surface area (Å²) in [4.78, 5) is 0. The van der Waals surface area contributed by atoms with Crippen LogP contribution in [0.5, 0.6) is 11.5 Å². The molecular formula is C18H28O3. The van der Waals surface area contributed by atoms with Crippen molar-refractivity contribution < 1.29 is 14.6 Å². The highest BCUT2D eigenvalue weighted by molar-refractivity contribution is 5.45. The van der Waals surface area contributed by atoms with E-state index in [1.165, 1.54) is 0 Å². The maximum Gasteiger partial charge on any atom is 0.161 e. The molecule has 0 saturated carbocycles. The lowest BCUT2D eigenvalue weighted by Crippen LogP contribution is -2.29. The van der Waals surface area contributed by atoms with Crippen LogP contribution in [0, 0.1) is 11.8 Å². The van der Waals surface area contributed by atoms with Gasteiger partial charge in [0.25, 0.3) is 0 Å². The summed E-state index contributed by atoms with van der Waals surface area (Å²) >= 11 is 0. The lowest BCUT2D eigenvalue weighted by Gasteiger charge is -2.32. The first-order valence-corrected chi connectivity index (χ1v) is 8.03. The highest BCUT2D eigenvalue weighted by atomic mass is 16.5. The molecule has 0 aromatic heterocycles. The average Bonchev–Trinajstić information content (AvgIpc) is 2.60. The lowest BCUT2D eigenvalue weighted by atomic mass is 9.79. The molecule has 1 aromatic rings. The Labute approximate surface area is 128 Å². The number of hydrogen-bond donors (Lipinski definition) is 1. The molecule has 0 bridgehead atoms. The molecule has 0 amide bonds. The van der Waals surface area contributed by atoms with Gasteiger partial charge in [-0.25, -0.2) is 0 Å². The molecule has 0 fully saturated rings. The Kier molecular flexibility index (Phi) is 5.15. The third-order valence-electron chi connectivity index (χ3n) is 3.78. The van der Waals surface area contributed by atoms with Gasteiger partial charge in [-0.1, -0.05) is 33.8 Å². The largest absolute Gasteiger partial charge is 0.490 e.